The number of rotatable bonds is 6. The van der Waals surface area contributed by atoms with Gasteiger partial charge in [-0.05, 0) is 24.6 Å². The maximum Gasteiger partial charge on any atom is 0.269 e. The van der Waals surface area contributed by atoms with E-state index in [2.05, 4.69) is 15.2 Å². The third-order valence-corrected chi connectivity index (χ3v) is 3.69. The molecule has 3 rings (SSSR count). The van der Waals surface area contributed by atoms with Crippen LogP contribution in [-0.2, 0) is 6.61 Å². The minimum Gasteiger partial charge on any atom is -0.486 e. The van der Waals surface area contributed by atoms with Gasteiger partial charge in [0.1, 0.15) is 12.4 Å². The smallest absolute Gasteiger partial charge is 0.269 e. The fraction of sp³-hybridized carbons (Fsp3) is 0.176. The number of aryl methyl sites for hydroxylation is 1. The Labute approximate surface area is 143 Å². The first kappa shape index (κ1) is 16.6. The Hall–Kier alpha value is -3.26. The Balaban J connectivity index is 1.63. The molecule has 0 radical (unpaired) electrons. The van der Waals surface area contributed by atoms with Crippen LogP contribution in [0.4, 0.5) is 5.69 Å². The summed E-state index contributed by atoms with van der Waals surface area (Å²) in [6, 6.07) is 13.3. The fourth-order valence-electron chi connectivity index (χ4n) is 2.25. The molecule has 128 valence electrons. The molecule has 0 unspecified atom stereocenters. The maximum absolute atomic E-state index is 10.6. The molecule has 8 nitrogen and oxygen atoms in total. The molecule has 0 aliphatic rings. The van der Waals surface area contributed by atoms with E-state index in [0.29, 0.717) is 17.4 Å². The number of ether oxygens (including phenoxy) is 1. The number of aromatic amines is 1. The first-order chi connectivity index (χ1) is 12.0. The molecule has 0 aliphatic heterocycles. The van der Waals surface area contributed by atoms with Crippen molar-refractivity contribution in [2.75, 3.05) is 0 Å². The number of non-ortho nitro benzene ring substituents is 1. The Kier molecular flexibility index (Phi) is 4.71. The Bertz CT molecular complexity index is 859. The molecule has 1 aromatic heterocycles. The third kappa shape index (κ3) is 3.99. The average molecular weight is 339 g/mol. The summed E-state index contributed by atoms with van der Waals surface area (Å²) in [7, 11) is 0. The molecule has 3 N–H and O–H groups in total. The fourth-order valence-corrected chi connectivity index (χ4v) is 2.25. The summed E-state index contributed by atoms with van der Waals surface area (Å²) in [4.78, 5) is 14.5. The van der Waals surface area contributed by atoms with Crippen LogP contribution in [0.15, 0.2) is 48.5 Å². The first-order valence-corrected chi connectivity index (χ1v) is 7.63. The Morgan fingerprint density at radius 2 is 1.88 bits per heavy atom. The zero-order valence-corrected chi connectivity index (χ0v) is 13.5. The van der Waals surface area contributed by atoms with Crippen molar-refractivity contribution in [1.29, 1.82) is 0 Å². The van der Waals surface area contributed by atoms with Crippen molar-refractivity contribution >= 4 is 5.69 Å². The lowest BCUT2D eigenvalue weighted by atomic mass is 10.1. The number of aromatic nitrogens is 3. The van der Waals surface area contributed by atoms with Crippen LogP contribution in [0.2, 0.25) is 0 Å². The third-order valence-electron chi connectivity index (χ3n) is 3.69. The van der Waals surface area contributed by atoms with Gasteiger partial charge in [0.25, 0.3) is 5.69 Å². The quantitative estimate of drug-likeness (QED) is 0.526. The van der Waals surface area contributed by atoms with Crippen molar-refractivity contribution < 1.29 is 9.66 Å². The predicted octanol–water partition coefficient (Wildman–Crippen LogP) is 2.65. The molecule has 8 heteroatoms. The van der Waals surface area contributed by atoms with Gasteiger partial charge in [0.05, 0.1) is 11.0 Å². The van der Waals surface area contributed by atoms with Crippen LogP contribution in [-0.4, -0.2) is 20.1 Å². The van der Waals surface area contributed by atoms with Crippen LogP contribution in [0.25, 0.3) is 0 Å². The lowest BCUT2D eigenvalue weighted by Crippen LogP contribution is -2.13. The number of nitrogens with two attached hydrogens (primary N) is 1. The molecule has 25 heavy (non-hydrogen) atoms. The highest BCUT2D eigenvalue weighted by molar-refractivity contribution is 5.36. The Morgan fingerprint density at radius 1 is 1.20 bits per heavy atom. The van der Waals surface area contributed by atoms with E-state index in [0.717, 1.165) is 11.1 Å². The zero-order chi connectivity index (χ0) is 17.8. The summed E-state index contributed by atoms with van der Waals surface area (Å²) in [5, 5.41) is 17.6. The number of hydrogen-bond acceptors (Lipinski definition) is 6. The lowest BCUT2D eigenvalue weighted by molar-refractivity contribution is -0.384. The monoisotopic (exact) mass is 339 g/mol. The largest absolute Gasteiger partial charge is 0.486 e. The second kappa shape index (κ2) is 7.10. The van der Waals surface area contributed by atoms with Gasteiger partial charge in [-0.15, -0.1) is 0 Å². The van der Waals surface area contributed by atoms with Crippen LogP contribution in [0, 0.1) is 17.0 Å². The highest BCUT2D eigenvalue weighted by atomic mass is 16.6. The molecule has 1 heterocycles. The molecule has 3 aromatic rings. The second-order valence-electron chi connectivity index (χ2n) is 5.57. The average Bonchev–Trinajstić information content (AvgIpc) is 3.09. The van der Waals surface area contributed by atoms with Crippen LogP contribution >= 0.6 is 0 Å². The van der Waals surface area contributed by atoms with E-state index in [1.807, 2.05) is 31.2 Å². The van der Waals surface area contributed by atoms with Crippen molar-refractivity contribution in [2.45, 2.75) is 19.6 Å². The maximum atomic E-state index is 10.6. The summed E-state index contributed by atoms with van der Waals surface area (Å²) in [6.07, 6.45) is 0. The first-order valence-electron chi connectivity index (χ1n) is 7.63. The van der Waals surface area contributed by atoms with Gasteiger partial charge in [-0.25, -0.2) is 4.98 Å². The molecule has 2 aromatic carbocycles. The summed E-state index contributed by atoms with van der Waals surface area (Å²) in [5.74, 6) is 1.51. The van der Waals surface area contributed by atoms with E-state index in [9.17, 15) is 10.1 Å². The normalized spacial score (nSPS) is 11.9. The molecular formula is C17H17N5O3. The van der Waals surface area contributed by atoms with Gasteiger partial charge in [0.15, 0.2) is 11.6 Å². The summed E-state index contributed by atoms with van der Waals surface area (Å²) in [6.45, 7) is 2.17. The van der Waals surface area contributed by atoms with Crippen LogP contribution < -0.4 is 10.5 Å². The molecule has 0 saturated carbocycles. The van der Waals surface area contributed by atoms with Crippen molar-refractivity contribution in [3.05, 3.63) is 81.4 Å². The van der Waals surface area contributed by atoms with E-state index in [4.69, 9.17) is 10.5 Å². The van der Waals surface area contributed by atoms with E-state index in [1.165, 1.54) is 24.3 Å². The molecule has 0 aliphatic carbocycles. The number of nitrogens with one attached hydrogen (secondary N) is 1. The topological polar surface area (TPSA) is 120 Å². The molecule has 1 atom stereocenters. The van der Waals surface area contributed by atoms with Crippen molar-refractivity contribution in [2.24, 2.45) is 5.73 Å². The van der Waals surface area contributed by atoms with E-state index in [1.54, 1.807) is 0 Å². The Morgan fingerprint density at radius 3 is 2.52 bits per heavy atom. The van der Waals surface area contributed by atoms with Gasteiger partial charge >= 0.3 is 0 Å². The van der Waals surface area contributed by atoms with Crippen LogP contribution in [0.5, 0.6) is 5.75 Å². The molecular weight excluding hydrogens is 322 g/mol. The minimum absolute atomic E-state index is 0.0124. The number of H-pyrrole nitrogens is 1. The molecule has 0 fully saturated rings. The van der Waals surface area contributed by atoms with Crippen LogP contribution in [0.3, 0.4) is 0 Å². The SMILES string of the molecule is Cc1ccc([C@@H](N)c2n[nH]c(COc3ccc([N+](=O)[O-])cc3)n2)cc1. The van der Waals surface area contributed by atoms with Crippen molar-refractivity contribution in [3.8, 4) is 5.75 Å². The van der Waals surface area contributed by atoms with Gasteiger partial charge in [0.2, 0.25) is 0 Å². The highest BCUT2D eigenvalue weighted by Gasteiger charge is 2.14. The van der Waals surface area contributed by atoms with Gasteiger partial charge in [-0.1, -0.05) is 29.8 Å². The zero-order valence-electron chi connectivity index (χ0n) is 13.5. The lowest BCUT2D eigenvalue weighted by Gasteiger charge is -2.08. The summed E-state index contributed by atoms with van der Waals surface area (Å²) < 4.78 is 5.54. The summed E-state index contributed by atoms with van der Waals surface area (Å²) >= 11 is 0. The predicted molar refractivity (Wildman–Crippen MR) is 91.0 cm³/mol. The van der Waals surface area contributed by atoms with E-state index >= 15 is 0 Å². The van der Waals surface area contributed by atoms with Gasteiger partial charge in [0, 0.05) is 12.1 Å². The number of nitro benzene ring substituents is 1. The molecule has 0 bridgehead atoms. The second-order valence-corrected chi connectivity index (χ2v) is 5.57. The highest BCUT2D eigenvalue weighted by Crippen LogP contribution is 2.19. The standard InChI is InChI=1S/C17H17N5O3/c1-11-2-4-12(5-3-11)16(18)17-19-15(20-21-17)10-25-14-8-6-13(7-9-14)22(23)24/h2-9,16H,10,18H2,1H3,(H,19,20,21)/t16-/m1/s1. The van der Waals surface area contributed by atoms with E-state index in [-0.39, 0.29) is 12.3 Å². The van der Waals surface area contributed by atoms with Gasteiger partial charge in [-0.3, -0.25) is 15.2 Å². The van der Waals surface area contributed by atoms with E-state index < -0.39 is 11.0 Å². The van der Waals surface area contributed by atoms with Crippen LogP contribution in [0.1, 0.15) is 28.8 Å². The molecule has 0 spiro atoms. The molecule has 0 saturated heterocycles. The van der Waals surface area contributed by atoms with Crippen molar-refractivity contribution in [3.63, 3.8) is 0 Å². The number of benzene rings is 2. The summed E-state index contributed by atoms with van der Waals surface area (Å²) in [5.41, 5.74) is 8.27. The van der Waals surface area contributed by atoms with Gasteiger partial charge in [-0.2, -0.15) is 5.10 Å². The number of nitro groups is 1. The minimum atomic E-state index is -0.459. The van der Waals surface area contributed by atoms with Crippen molar-refractivity contribution in [1.82, 2.24) is 15.2 Å². The number of nitrogens with zero attached hydrogens (tertiary/aromatic N) is 3. The van der Waals surface area contributed by atoms with Gasteiger partial charge < -0.3 is 10.5 Å². The number of hydrogen-bond donors (Lipinski definition) is 2. The molecule has 0 amide bonds.